The van der Waals surface area contributed by atoms with Crippen molar-refractivity contribution in [3.8, 4) is 29.0 Å². The maximum absolute atomic E-state index is 9.72. The molecule has 5 rings (SSSR count). The van der Waals surface area contributed by atoms with Gasteiger partial charge in [0, 0.05) is 62.5 Å². The molecule has 2 aliphatic rings. The smallest absolute Gasteiger partial charge is 0.161 e. The van der Waals surface area contributed by atoms with Gasteiger partial charge in [-0.25, -0.2) is 9.97 Å². The molecule has 0 radical (unpaired) electrons. The third kappa shape index (κ3) is 5.93. The molecule has 0 atom stereocenters. The molecule has 2 aliphatic heterocycles. The van der Waals surface area contributed by atoms with Crippen molar-refractivity contribution in [2.24, 2.45) is 0 Å². The molecular weight excluding hydrogens is 468 g/mol. The van der Waals surface area contributed by atoms with Gasteiger partial charge in [-0.1, -0.05) is 0 Å². The zero-order valence-electron chi connectivity index (χ0n) is 21.3. The number of methoxy groups -OCH3 is 1. The zero-order valence-corrected chi connectivity index (χ0v) is 21.3. The van der Waals surface area contributed by atoms with E-state index in [2.05, 4.69) is 44.3 Å². The fourth-order valence-electron chi connectivity index (χ4n) is 4.61. The van der Waals surface area contributed by atoms with E-state index in [9.17, 15) is 5.26 Å². The van der Waals surface area contributed by atoms with Crippen molar-refractivity contribution in [2.45, 2.75) is 18.9 Å². The Hall–Kier alpha value is -3.87. The van der Waals surface area contributed by atoms with E-state index in [0.29, 0.717) is 36.2 Å². The number of rotatable bonds is 7. The lowest BCUT2D eigenvalue weighted by Crippen LogP contribution is -2.44. The topological polar surface area (TPSA) is 95.8 Å². The van der Waals surface area contributed by atoms with Gasteiger partial charge in [-0.3, -0.25) is 0 Å². The summed E-state index contributed by atoms with van der Waals surface area (Å²) in [5.74, 6) is 2.59. The third-order valence-electron chi connectivity index (χ3n) is 6.77. The van der Waals surface area contributed by atoms with Crippen molar-refractivity contribution >= 4 is 17.2 Å². The molecule has 37 heavy (non-hydrogen) atoms. The monoisotopic (exact) mass is 500 g/mol. The van der Waals surface area contributed by atoms with E-state index >= 15 is 0 Å². The first-order valence-corrected chi connectivity index (χ1v) is 12.6. The molecule has 1 N–H and O–H groups in total. The largest absolute Gasteiger partial charge is 0.495 e. The van der Waals surface area contributed by atoms with Gasteiger partial charge in [0.25, 0.3) is 0 Å². The lowest BCUT2D eigenvalue weighted by molar-refractivity contribution is 0.0254. The molecule has 0 unspecified atom stereocenters. The van der Waals surface area contributed by atoms with Crippen LogP contribution in [-0.2, 0) is 4.74 Å². The summed E-state index contributed by atoms with van der Waals surface area (Å²) in [4.78, 5) is 13.8. The minimum absolute atomic E-state index is 0.0649. The molecule has 3 heterocycles. The highest BCUT2D eigenvalue weighted by Gasteiger charge is 2.19. The summed E-state index contributed by atoms with van der Waals surface area (Å²) in [7, 11) is 3.85. The molecule has 1 aromatic heterocycles. The Balaban J connectivity index is 1.32. The second-order valence-electron chi connectivity index (χ2n) is 9.32. The number of ether oxygens (including phenoxy) is 3. The molecule has 0 saturated carbocycles. The van der Waals surface area contributed by atoms with Crippen LogP contribution in [0.2, 0.25) is 0 Å². The van der Waals surface area contributed by atoms with E-state index in [1.165, 1.54) is 0 Å². The number of piperazine rings is 1. The van der Waals surface area contributed by atoms with Gasteiger partial charge < -0.3 is 29.3 Å². The summed E-state index contributed by atoms with van der Waals surface area (Å²) < 4.78 is 17.2. The first kappa shape index (κ1) is 24.8. The Kier molecular flexibility index (Phi) is 7.68. The van der Waals surface area contributed by atoms with Crippen molar-refractivity contribution in [1.82, 2.24) is 14.9 Å². The molecule has 2 fully saturated rings. The van der Waals surface area contributed by atoms with Gasteiger partial charge in [0.05, 0.1) is 31.6 Å². The first-order chi connectivity index (χ1) is 18.1. The fraction of sp³-hybridized carbons (Fsp3) is 0.393. The van der Waals surface area contributed by atoms with Gasteiger partial charge in [0.2, 0.25) is 0 Å². The zero-order chi connectivity index (χ0) is 25.6. The predicted molar refractivity (Wildman–Crippen MR) is 143 cm³/mol. The SMILES string of the molecule is COc1cc(Nc2ccnc(-c3ccc(OC4CCOCC4)c(C#N)c3)n2)ccc1N1CCN(C)CC1. The summed E-state index contributed by atoms with van der Waals surface area (Å²) in [6.45, 7) is 5.37. The number of nitriles is 1. The van der Waals surface area contributed by atoms with Crippen LogP contribution < -0.4 is 19.7 Å². The van der Waals surface area contributed by atoms with Gasteiger partial charge >= 0.3 is 0 Å². The number of hydrogen-bond acceptors (Lipinski definition) is 9. The quantitative estimate of drug-likeness (QED) is 0.515. The number of likely N-dealkylation sites (N-methyl/N-ethyl adjacent to an activating group) is 1. The van der Waals surface area contributed by atoms with Crippen LogP contribution >= 0.6 is 0 Å². The molecule has 0 bridgehead atoms. The highest BCUT2D eigenvalue weighted by molar-refractivity contribution is 5.69. The summed E-state index contributed by atoms with van der Waals surface area (Å²) >= 11 is 0. The number of anilines is 3. The van der Waals surface area contributed by atoms with Crippen LogP contribution in [0, 0.1) is 11.3 Å². The van der Waals surface area contributed by atoms with E-state index in [0.717, 1.165) is 61.7 Å². The lowest BCUT2D eigenvalue weighted by atomic mass is 10.1. The second kappa shape index (κ2) is 11.5. The summed E-state index contributed by atoms with van der Waals surface area (Å²) in [5, 5.41) is 13.1. The minimum atomic E-state index is 0.0649. The van der Waals surface area contributed by atoms with Crippen molar-refractivity contribution < 1.29 is 14.2 Å². The molecule has 192 valence electrons. The van der Waals surface area contributed by atoms with E-state index in [4.69, 9.17) is 14.2 Å². The Morgan fingerprint density at radius 2 is 1.84 bits per heavy atom. The average Bonchev–Trinajstić information content (AvgIpc) is 2.94. The van der Waals surface area contributed by atoms with Gasteiger partial charge in [0.1, 0.15) is 29.5 Å². The summed E-state index contributed by atoms with van der Waals surface area (Å²) in [6, 6.07) is 15.7. The van der Waals surface area contributed by atoms with Crippen molar-refractivity contribution in [3.63, 3.8) is 0 Å². The van der Waals surface area contributed by atoms with Gasteiger partial charge in [0.15, 0.2) is 5.82 Å². The Labute approximate surface area is 217 Å². The maximum Gasteiger partial charge on any atom is 0.161 e. The van der Waals surface area contributed by atoms with Crippen LogP contribution in [0.25, 0.3) is 11.4 Å². The number of nitrogens with zero attached hydrogens (tertiary/aromatic N) is 5. The number of nitrogens with one attached hydrogen (secondary N) is 1. The highest BCUT2D eigenvalue weighted by atomic mass is 16.5. The van der Waals surface area contributed by atoms with Gasteiger partial charge in [-0.05, 0) is 43.4 Å². The van der Waals surface area contributed by atoms with Gasteiger partial charge in [-0.2, -0.15) is 5.26 Å². The number of benzene rings is 2. The van der Waals surface area contributed by atoms with Crippen LogP contribution in [0.1, 0.15) is 18.4 Å². The molecule has 0 aliphatic carbocycles. The first-order valence-electron chi connectivity index (χ1n) is 12.6. The molecule has 9 heteroatoms. The molecular formula is C28H32N6O3. The van der Waals surface area contributed by atoms with Crippen LogP contribution in [0.5, 0.6) is 11.5 Å². The molecule has 9 nitrogen and oxygen atoms in total. The Bertz CT molecular complexity index is 1260. The van der Waals surface area contributed by atoms with Crippen molar-refractivity contribution in [1.29, 1.82) is 5.26 Å². The molecule has 0 amide bonds. The highest BCUT2D eigenvalue weighted by Crippen LogP contribution is 2.33. The average molecular weight is 501 g/mol. The number of aromatic nitrogens is 2. The molecule has 0 spiro atoms. The Morgan fingerprint density at radius 1 is 1.03 bits per heavy atom. The predicted octanol–water partition coefficient (Wildman–Crippen LogP) is 4.08. The second-order valence-corrected chi connectivity index (χ2v) is 9.32. The standard InChI is InChI=1S/C28H32N6O3/c1-33-11-13-34(14-12-33)24-5-4-22(18-26(24)35-2)31-27-7-10-30-28(32-27)20-3-6-25(21(17-20)19-29)37-23-8-15-36-16-9-23/h3-7,10,17-18,23H,8-9,11-16H2,1-2H3,(H,30,31,32). The summed E-state index contributed by atoms with van der Waals surface area (Å²) in [5.41, 5.74) is 3.19. The molecule has 2 saturated heterocycles. The van der Waals surface area contributed by atoms with Crippen molar-refractivity contribution in [3.05, 3.63) is 54.2 Å². The normalized spacial score (nSPS) is 16.7. The van der Waals surface area contributed by atoms with Crippen LogP contribution in [0.15, 0.2) is 48.7 Å². The number of hydrogen-bond donors (Lipinski definition) is 1. The van der Waals surface area contributed by atoms with E-state index in [1.54, 1.807) is 19.4 Å². The van der Waals surface area contributed by atoms with Crippen LogP contribution in [0.4, 0.5) is 17.2 Å². The van der Waals surface area contributed by atoms with Gasteiger partial charge in [-0.15, -0.1) is 0 Å². The minimum Gasteiger partial charge on any atom is -0.495 e. The van der Waals surface area contributed by atoms with Crippen LogP contribution in [-0.4, -0.2) is 74.5 Å². The lowest BCUT2D eigenvalue weighted by Gasteiger charge is -2.34. The maximum atomic E-state index is 9.72. The fourth-order valence-corrected chi connectivity index (χ4v) is 4.61. The van der Waals surface area contributed by atoms with E-state index in [1.807, 2.05) is 30.3 Å². The van der Waals surface area contributed by atoms with E-state index in [-0.39, 0.29) is 6.10 Å². The van der Waals surface area contributed by atoms with Crippen molar-refractivity contribution in [2.75, 3.05) is 63.8 Å². The Morgan fingerprint density at radius 3 is 2.59 bits per heavy atom. The summed E-state index contributed by atoms with van der Waals surface area (Å²) in [6.07, 6.45) is 3.42. The molecule has 3 aromatic rings. The molecule has 2 aromatic carbocycles. The van der Waals surface area contributed by atoms with E-state index < -0.39 is 0 Å². The third-order valence-corrected chi connectivity index (χ3v) is 6.77. The van der Waals surface area contributed by atoms with Crippen LogP contribution in [0.3, 0.4) is 0 Å².